The molecule has 0 aliphatic heterocycles. The number of aromatic nitrogens is 2. The van der Waals surface area contributed by atoms with Crippen LogP contribution < -0.4 is 0 Å². The van der Waals surface area contributed by atoms with E-state index in [1.165, 1.54) is 6.92 Å². The van der Waals surface area contributed by atoms with Gasteiger partial charge in [0.15, 0.2) is 11.6 Å². The lowest BCUT2D eigenvalue weighted by Crippen LogP contribution is -2.00. The molecule has 2 heterocycles. The number of imidazole rings is 1. The number of hydrogen-bond acceptors (Lipinski definition) is 5. The predicted octanol–water partition coefficient (Wildman–Crippen LogP) is 4.23. The Hall–Kier alpha value is -3.06. The molecule has 3 aromatic rings. The lowest BCUT2D eigenvalue weighted by atomic mass is 10.1. The number of carbonyl (C=O) groups is 2. The maximum absolute atomic E-state index is 11.3. The largest absolute Gasteiger partial charge is 0.481 e. The van der Waals surface area contributed by atoms with Gasteiger partial charge in [0.25, 0.3) is 0 Å². The zero-order chi connectivity index (χ0) is 18.0. The molecule has 0 fully saturated rings. The predicted molar refractivity (Wildman–Crippen MR) is 92.2 cm³/mol. The quantitative estimate of drug-likeness (QED) is 0.546. The summed E-state index contributed by atoms with van der Waals surface area (Å²) >= 11 is 6.00. The summed E-state index contributed by atoms with van der Waals surface area (Å²) in [7, 11) is 0. The van der Waals surface area contributed by atoms with E-state index in [4.69, 9.17) is 16.7 Å². The first-order valence-corrected chi connectivity index (χ1v) is 7.73. The van der Waals surface area contributed by atoms with E-state index in [-0.39, 0.29) is 12.2 Å². The van der Waals surface area contributed by atoms with Crippen LogP contribution in [0.15, 0.2) is 52.8 Å². The topological polar surface area (TPSA) is 96.4 Å². The first-order valence-electron chi connectivity index (χ1n) is 7.35. The van der Waals surface area contributed by atoms with Gasteiger partial charge in [0.2, 0.25) is 0 Å². The Balaban J connectivity index is 2.02. The number of halogens is 1. The molecule has 0 saturated carbocycles. The third kappa shape index (κ3) is 3.72. The number of carboxylic acid groups (broad SMARTS) is 1. The van der Waals surface area contributed by atoms with Crippen LogP contribution in [0.25, 0.3) is 5.65 Å². The summed E-state index contributed by atoms with van der Waals surface area (Å²) in [5.74, 6) is -0.754. The number of ketones is 1. The molecule has 0 saturated heterocycles. The third-order valence-electron chi connectivity index (χ3n) is 3.48. The average Bonchev–Trinajstić information content (AvgIpc) is 2.89. The molecule has 0 atom stereocenters. The molecule has 0 aliphatic carbocycles. The highest BCUT2D eigenvalue weighted by molar-refractivity contribution is 6.30. The summed E-state index contributed by atoms with van der Waals surface area (Å²) in [5.41, 5.74) is 1.93. The van der Waals surface area contributed by atoms with E-state index in [2.05, 4.69) is 15.2 Å². The van der Waals surface area contributed by atoms with Crippen molar-refractivity contribution in [3.63, 3.8) is 0 Å². The van der Waals surface area contributed by atoms with E-state index < -0.39 is 5.97 Å². The summed E-state index contributed by atoms with van der Waals surface area (Å²) in [6.07, 6.45) is 1.32. The molecule has 0 amide bonds. The van der Waals surface area contributed by atoms with Gasteiger partial charge >= 0.3 is 5.97 Å². The smallest absolute Gasteiger partial charge is 0.309 e. The molecule has 25 heavy (non-hydrogen) atoms. The van der Waals surface area contributed by atoms with Gasteiger partial charge in [-0.2, -0.15) is 0 Å². The van der Waals surface area contributed by atoms with Gasteiger partial charge in [-0.25, -0.2) is 4.98 Å². The van der Waals surface area contributed by atoms with Crippen LogP contribution in [0.2, 0.25) is 5.02 Å². The molecule has 0 aliphatic rings. The van der Waals surface area contributed by atoms with Gasteiger partial charge in [-0.1, -0.05) is 11.6 Å². The van der Waals surface area contributed by atoms with E-state index in [0.29, 0.717) is 33.4 Å². The van der Waals surface area contributed by atoms with Crippen molar-refractivity contribution in [3.05, 3.63) is 58.9 Å². The SMILES string of the molecule is CC(=O)c1ccc(N=Nc2c(CC(=O)O)nc3ccc(Cl)cn23)cc1. The van der Waals surface area contributed by atoms with Crippen molar-refractivity contribution in [2.75, 3.05) is 0 Å². The first kappa shape index (κ1) is 16.8. The maximum atomic E-state index is 11.3. The summed E-state index contributed by atoms with van der Waals surface area (Å²) in [6.45, 7) is 1.48. The van der Waals surface area contributed by atoms with Crippen LogP contribution in [0.1, 0.15) is 23.0 Å². The first-order chi connectivity index (χ1) is 11.9. The Morgan fingerprint density at radius 3 is 2.52 bits per heavy atom. The number of fused-ring (bicyclic) bond motifs is 1. The molecule has 8 heteroatoms. The van der Waals surface area contributed by atoms with E-state index in [0.717, 1.165) is 0 Å². The van der Waals surface area contributed by atoms with Crippen LogP contribution in [-0.4, -0.2) is 26.2 Å². The number of rotatable bonds is 5. The third-order valence-corrected chi connectivity index (χ3v) is 3.70. The van der Waals surface area contributed by atoms with Crippen LogP contribution >= 0.6 is 11.6 Å². The summed E-state index contributed by atoms with van der Waals surface area (Å²) in [4.78, 5) is 26.6. The lowest BCUT2D eigenvalue weighted by Gasteiger charge is -1.99. The van der Waals surface area contributed by atoms with Crippen LogP contribution in [-0.2, 0) is 11.2 Å². The minimum Gasteiger partial charge on any atom is -0.481 e. The minimum atomic E-state index is -1.02. The van der Waals surface area contributed by atoms with Crippen molar-refractivity contribution in [3.8, 4) is 0 Å². The second kappa shape index (κ2) is 6.82. The molecule has 0 unspecified atom stereocenters. The molecule has 0 radical (unpaired) electrons. The normalized spacial score (nSPS) is 11.3. The van der Waals surface area contributed by atoms with Crippen molar-refractivity contribution in [2.24, 2.45) is 10.2 Å². The number of benzene rings is 1. The fourth-order valence-electron chi connectivity index (χ4n) is 2.29. The molecular weight excluding hydrogens is 344 g/mol. The minimum absolute atomic E-state index is 0.0383. The molecule has 126 valence electrons. The van der Waals surface area contributed by atoms with Gasteiger partial charge in [0.1, 0.15) is 5.65 Å². The zero-order valence-corrected chi connectivity index (χ0v) is 13.9. The molecule has 0 bridgehead atoms. The number of azo groups is 1. The van der Waals surface area contributed by atoms with Crippen molar-refractivity contribution in [2.45, 2.75) is 13.3 Å². The Kier molecular flexibility index (Phi) is 4.58. The second-order valence-corrected chi connectivity index (χ2v) is 5.77. The van der Waals surface area contributed by atoms with Crippen molar-refractivity contribution in [1.82, 2.24) is 9.38 Å². The van der Waals surface area contributed by atoms with Crippen LogP contribution in [0, 0.1) is 0 Å². The van der Waals surface area contributed by atoms with Gasteiger partial charge in [0.05, 0.1) is 22.8 Å². The monoisotopic (exact) mass is 356 g/mol. The van der Waals surface area contributed by atoms with Gasteiger partial charge in [-0.15, -0.1) is 10.2 Å². The zero-order valence-electron chi connectivity index (χ0n) is 13.2. The molecule has 7 nitrogen and oxygen atoms in total. The Morgan fingerprint density at radius 2 is 1.88 bits per heavy atom. The summed E-state index contributed by atoms with van der Waals surface area (Å²) < 4.78 is 1.59. The number of pyridine rings is 1. The number of aliphatic carboxylic acids is 1. The highest BCUT2D eigenvalue weighted by Gasteiger charge is 2.15. The van der Waals surface area contributed by atoms with Crippen molar-refractivity contribution in [1.29, 1.82) is 0 Å². The molecule has 3 rings (SSSR count). The standard InChI is InChI=1S/C17H13ClN4O3/c1-10(23)11-2-5-13(6-3-11)20-21-17-14(8-16(24)25)19-15-7-4-12(18)9-22(15)17/h2-7,9H,8H2,1H3,(H,24,25). The van der Waals surface area contributed by atoms with Crippen LogP contribution in [0.4, 0.5) is 11.5 Å². The van der Waals surface area contributed by atoms with Gasteiger partial charge in [-0.3, -0.25) is 14.0 Å². The number of carbonyl (C=O) groups excluding carboxylic acids is 1. The van der Waals surface area contributed by atoms with Crippen molar-refractivity contribution < 1.29 is 14.7 Å². The van der Waals surface area contributed by atoms with Gasteiger partial charge in [-0.05, 0) is 43.3 Å². The van der Waals surface area contributed by atoms with Crippen molar-refractivity contribution >= 4 is 40.5 Å². The van der Waals surface area contributed by atoms with Gasteiger partial charge < -0.3 is 5.11 Å². The van der Waals surface area contributed by atoms with E-state index in [1.54, 1.807) is 47.0 Å². The molecule has 1 aromatic carbocycles. The summed E-state index contributed by atoms with van der Waals surface area (Å²) in [6, 6.07) is 9.96. The maximum Gasteiger partial charge on any atom is 0.309 e. The van der Waals surface area contributed by atoms with Gasteiger partial charge in [0, 0.05) is 11.8 Å². The average molecular weight is 357 g/mol. The molecule has 1 N–H and O–H groups in total. The molecule has 0 spiro atoms. The van der Waals surface area contributed by atoms with E-state index in [9.17, 15) is 9.59 Å². The summed E-state index contributed by atoms with van der Waals surface area (Å²) in [5, 5.41) is 17.8. The fraction of sp³-hybridized carbons (Fsp3) is 0.118. The number of Topliss-reactive ketones (excluding diaryl/α,β-unsaturated/α-hetero) is 1. The molecular formula is C17H13ClN4O3. The number of hydrogen-bond donors (Lipinski definition) is 1. The highest BCUT2D eigenvalue weighted by atomic mass is 35.5. The lowest BCUT2D eigenvalue weighted by molar-refractivity contribution is -0.136. The van der Waals surface area contributed by atoms with Crippen LogP contribution in [0.3, 0.4) is 0 Å². The highest BCUT2D eigenvalue weighted by Crippen LogP contribution is 2.26. The Labute approximate surface area is 147 Å². The van der Waals surface area contributed by atoms with E-state index >= 15 is 0 Å². The number of carboxylic acids is 1. The second-order valence-electron chi connectivity index (χ2n) is 5.33. The number of nitrogens with zero attached hydrogens (tertiary/aromatic N) is 4. The Bertz CT molecular complexity index is 993. The molecule has 2 aromatic heterocycles. The Morgan fingerprint density at radius 1 is 1.16 bits per heavy atom. The van der Waals surface area contributed by atoms with E-state index in [1.807, 2.05) is 0 Å². The fourth-order valence-corrected chi connectivity index (χ4v) is 2.45. The van der Waals surface area contributed by atoms with Crippen LogP contribution in [0.5, 0.6) is 0 Å².